The molecule has 172 valence electrons. The average molecular weight is 490 g/mol. The lowest BCUT2D eigenvalue weighted by molar-refractivity contribution is -0.123. The van der Waals surface area contributed by atoms with Gasteiger partial charge in [-0.25, -0.2) is 0 Å². The first-order valence-corrected chi connectivity index (χ1v) is 12.5. The van der Waals surface area contributed by atoms with E-state index in [0.29, 0.717) is 36.3 Å². The number of hydrogen-bond acceptors (Lipinski definition) is 6. The summed E-state index contributed by atoms with van der Waals surface area (Å²) in [5, 5.41) is 9.68. The zero-order valence-electron chi connectivity index (χ0n) is 18.1. The van der Waals surface area contributed by atoms with E-state index >= 15 is 0 Å². The quantitative estimate of drug-likeness (QED) is 0.462. The Hall–Kier alpha value is -0.965. The molecule has 7 nitrogen and oxygen atoms in total. The molecule has 31 heavy (non-hydrogen) atoms. The van der Waals surface area contributed by atoms with E-state index < -0.39 is 19.1 Å². The number of amides is 2. The second-order valence-corrected chi connectivity index (χ2v) is 9.46. The molecule has 0 radical (unpaired) electrons. The van der Waals surface area contributed by atoms with Crippen molar-refractivity contribution >= 4 is 53.9 Å². The normalized spacial score (nSPS) is 16.9. The summed E-state index contributed by atoms with van der Waals surface area (Å²) in [4.78, 5) is 25.9. The summed E-state index contributed by atoms with van der Waals surface area (Å²) in [6, 6.07) is 3.90. The molecule has 0 spiro atoms. The van der Waals surface area contributed by atoms with Gasteiger partial charge in [-0.05, 0) is 36.8 Å². The van der Waals surface area contributed by atoms with Crippen LogP contribution in [0.15, 0.2) is 18.2 Å². The fraction of sp³-hybridized carbons (Fsp3) is 0.600. The van der Waals surface area contributed by atoms with Crippen molar-refractivity contribution in [2.45, 2.75) is 32.3 Å². The van der Waals surface area contributed by atoms with E-state index in [1.165, 1.54) is 17.8 Å². The smallest absolute Gasteiger partial charge is 0.408 e. The molecule has 0 aliphatic carbocycles. The van der Waals surface area contributed by atoms with Gasteiger partial charge in [0.1, 0.15) is 6.04 Å². The van der Waals surface area contributed by atoms with Crippen molar-refractivity contribution in [3.05, 3.63) is 33.8 Å². The van der Waals surface area contributed by atoms with Crippen LogP contribution in [0.2, 0.25) is 10.0 Å². The molecule has 1 aromatic carbocycles. The predicted octanol–water partition coefficient (Wildman–Crippen LogP) is 2.65. The number of carbonyl (C=O) groups excluding carboxylic acids is 2. The third-order valence-corrected chi connectivity index (χ3v) is 5.86. The molecule has 0 saturated carbocycles. The molecule has 1 aliphatic heterocycles. The van der Waals surface area contributed by atoms with Crippen LogP contribution in [0.1, 0.15) is 30.6 Å². The lowest BCUT2D eigenvalue weighted by atomic mass is 9.73. The first-order valence-electron chi connectivity index (χ1n) is 10.3. The van der Waals surface area contributed by atoms with Crippen LogP contribution in [-0.4, -0.2) is 69.2 Å². The summed E-state index contributed by atoms with van der Waals surface area (Å²) in [7, 11) is -0.540. The standard InChI is InChI=1S/C20H30BCl2N3O4S/c1-13(2)10-18(21-29-8-6-24-7-9-30-21)26-20(28)17(12-31-3)25-19(27)15-11-14(22)4-5-16(15)23/h4-5,11,13,17-18,24H,6-10,12H2,1-3H3,(H,25,27)(H,26,28)/t17-,18-/m0/s1. The first-order chi connectivity index (χ1) is 14.8. The molecule has 1 heterocycles. The fourth-order valence-corrected chi connectivity index (χ4v) is 4.13. The lowest BCUT2D eigenvalue weighted by Crippen LogP contribution is -2.57. The molecule has 0 unspecified atom stereocenters. The van der Waals surface area contributed by atoms with Gasteiger partial charge < -0.3 is 25.3 Å². The molecule has 3 N–H and O–H groups in total. The molecule has 1 saturated heterocycles. The van der Waals surface area contributed by atoms with Crippen LogP contribution < -0.4 is 16.0 Å². The Morgan fingerprint density at radius 1 is 1.19 bits per heavy atom. The van der Waals surface area contributed by atoms with Gasteiger partial charge in [0.2, 0.25) is 5.91 Å². The van der Waals surface area contributed by atoms with E-state index in [1.54, 1.807) is 12.1 Å². The SMILES string of the molecule is CSC[C@H](NC(=O)c1cc(Cl)ccc1Cl)C(=O)N[C@@H](CC(C)C)B1OCCNCCO1. The summed E-state index contributed by atoms with van der Waals surface area (Å²) in [6.07, 6.45) is 2.56. The molecule has 11 heteroatoms. The third kappa shape index (κ3) is 8.83. The van der Waals surface area contributed by atoms with Gasteiger partial charge in [-0.3, -0.25) is 9.59 Å². The number of rotatable bonds is 9. The summed E-state index contributed by atoms with van der Waals surface area (Å²) in [5.41, 5.74) is 0.228. The molecular formula is C20H30BCl2N3O4S. The molecule has 1 fully saturated rings. The number of halogens is 2. The number of nitrogens with one attached hydrogen (secondary N) is 3. The zero-order chi connectivity index (χ0) is 22.8. The van der Waals surface area contributed by atoms with E-state index in [-0.39, 0.29) is 22.4 Å². The topological polar surface area (TPSA) is 88.7 Å². The average Bonchev–Trinajstić information content (AvgIpc) is 2.68. The summed E-state index contributed by atoms with van der Waals surface area (Å²) < 4.78 is 11.7. The number of benzene rings is 1. The Kier molecular flexibility index (Phi) is 11.5. The molecule has 1 aliphatic rings. The van der Waals surface area contributed by atoms with Crippen molar-refractivity contribution in [1.82, 2.24) is 16.0 Å². The van der Waals surface area contributed by atoms with Gasteiger partial charge >= 0.3 is 7.12 Å². The predicted molar refractivity (Wildman–Crippen MR) is 128 cm³/mol. The Labute approximate surface area is 198 Å². The van der Waals surface area contributed by atoms with Crippen molar-refractivity contribution in [1.29, 1.82) is 0 Å². The van der Waals surface area contributed by atoms with E-state index in [4.69, 9.17) is 32.5 Å². The van der Waals surface area contributed by atoms with Crippen LogP contribution in [0.4, 0.5) is 0 Å². The molecule has 2 atom stereocenters. The minimum Gasteiger partial charge on any atom is -0.408 e. The van der Waals surface area contributed by atoms with Crippen LogP contribution >= 0.6 is 35.0 Å². The monoisotopic (exact) mass is 489 g/mol. The highest BCUT2D eigenvalue weighted by Gasteiger charge is 2.35. The van der Waals surface area contributed by atoms with Crippen molar-refractivity contribution in [2.24, 2.45) is 5.92 Å². The second-order valence-electron chi connectivity index (χ2n) is 7.71. The van der Waals surface area contributed by atoms with Crippen molar-refractivity contribution in [3.8, 4) is 0 Å². The van der Waals surface area contributed by atoms with Crippen LogP contribution in [0, 0.1) is 5.92 Å². The van der Waals surface area contributed by atoms with E-state index in [0.717, 1.165) is 13.1 Å². The van der Waals surface area contributed by atoms with Crippen molar-refractivity contribution in [3.63, 3.8) is 0 Å². The maximum Gasteiger partial charge on any atom is 0.480 e. The van der Waals surface area contributed by atoms with Gasteiger partial charge in [-0.2, -0.15) is 11.8 Å². The summed E-state index contributed by atoms with van der Waals surface area (Å²) in [5.74, 6) is -0.354. The molecular weight excluding hydrogens is 460 g/mol. The van der Waals surface area contributed by atoms with E-state index in [1.807, 2.05) is 6.26 Å². The van der Waals surface area contributed by atoms with Crippen molar-refractivity contribution in [2.75, 3.05) is 38.3 Å². The van der Waals surface area contributed by atoms with Gasteiger partial charge in [0.25, 0.3) is 5.91 Å². The third-order valence-electron chi connectivity index (χ3n) is 4.63. The number of thioether (sulfide) groups is 1. The van der Waals surface area contributed by atoms with Gasteiger partial charge in [-0.1, -0.05) is 37.0 Å². The fourth-order valence-electron chi connectivity index (χ4n) is 3.19. The van der Waals surface area contributed by atoms with E-state index in [9.17, 15) is 9.59 Å². The second kappa shape index (κ2) is 13.6. The molecule has 2 rings (SSSR count). The molecule has 1 aromatic rings. The van der Waals surface area contributed by atoms with Gasteiger partial charge in [0.05, 0.1) is 16.5 Å². The lowest BCUT2D eigenvalue weighted by Gasteiger charge is -2.29. The summed E-state index contributed by atoms with van der Waals surface area (Å²) in [6.45, 7) is 6.60. The van der Waals surface area contributed by atoms with Crippen LogP contribution in [0.3, 0.4) is 0 Å². The first kappa shape index (κ1) is 26.3. The minimum absolute atomic E-state index is 0.228. The largest absolute Gasteiger partial charge is 0.480 e. The molecule has 2 amide bonds. The zero-order valence-corrected chi connectivity index (χ0v) is 20.4. The van der Waals surface area contributed by atoms with Gasteiger partial charge in [0, 0.05) is 37.1 Å². The van der Waals surface area contributed by atoms with Crippen LogP contribution in [0.5, 0.6) is 0 Å². The highest BCUT2D eigenvalue weighted by molar-refractivity contribution is 7.98. The van der Waals surface area contributed by atoms with E-state index in [2.05, 4.69) is 29.8 Å². The highest BCUT2D eigenvalue weighted by atomic mass is 35.5. The van der Waals surface area contributed by atoms with Crippen molar-refractivity contribution < 1.29 is 18.9 Å². The number of carbonyl (C=O) groups is 2. The Bertz CT molecular complexity index is 736. The van der Waals surface area contributed by atoms with Gasteiger partial charge in [-0.15, -0.1) is 0 Å². The summed E-state index contributed by atoms with van der Waals surface area (Å²) >= 11 is 13.6. The molecule has 0 aromatic heterocycles. The van der Waals surface area contributed by atoms with Gasteiger partial charge in [0.15, 0.2) is 0 Å². The van der Waals surface area contributed by atoms with Crippen LogP contribution in [0.25, 0.3) is 0 Å². The maximum absolute atomic E-state index is 13.1. The van der Waals surface area contributed by atoms with Crippen LogP contribution in [-0.2, 0) is 14.1 Å². The Morgan fingerprint density at radius 3 is 2.48 bits per heavy atom. The number of hydrogen-bond donors (Lipinski definition) is 3. The maximum atomic E-state index is 13.1. The Morgan fingerprint density at radius 2 is 1.87 bits per heavy atom. The molecule has 0 bridgehead atoms. The Balaban J connectivity index is 2.11. The highest BCUT2D eigenvalue weighted by Crippen LogP contribution is 2.21. The minimum atomic E-state index is -0.748.